The molecule has 1 saturated heterocycles. The number of hydrogen-bond donors (Lipinski definition) is 2. The average Bonchev–Trinajstić information content (AvgIpc) is 3.05. The smallest absolute Gasteiger partial charge is 0.270 e. The Hall–Kier alpha value is -2.51. The number of nitrogens with one attached hydrogen (secondary N) is 2. The fourth-order valence-corrected chi connectivity index (χ4v) is 4.19. The summed E-state index contributed by atoms with van der Waals surface area (Å²) in [5.41, 5.74) is 2.24. The van der Waals surface area contributed by atoms with Crippen molar-refractivity contribution < 1.29 is 4.92 Å². The third-order valence-corrected chi connectivity index (χ3v) is 5.50. The predicted molar refractivity (Wildman–Crippen MR) is 101 cm³/mol. The fourth-order valence-electron chi connectivity index (χ4n) is 3.11. The molecule has 128 valence electrons. The highest BCUT2D eigenvalue weighted by Gasteiger charge is 2.16. The van der Waals surface area contributed by atoms with Gasteiger partial charge in [0, 0.05) is 65.2 Å². The van der Waals surface area contributed by atoms with Crippen LogP contribution in [0.25, 0.3) is 10.9 Å². The molecule has 6 nitrogen and oxygen atoms in total. The maximum Gasteiger partial charge on any atom is 0.270 e. The molecule has 1 fully saturated rings. The molecule has 1 aliphatic rings. The molecule has 0 spiro atoms. The number of fused-ring (bicyclic) bond motifs is 1. The SMILES string of the molecule is O=[N+]([O-])c1ccc2[nH]cc(Sc3ccccc3N3CCNCC3)c2c1. The zero-order chi connectivity index (χ0) is 17.2. The Morgan fingerprint density at radius 1 is 1.08 bits per heavy atom. The van der Waals surface area contributed by atoms with Gasteiger partial charge in [-0.25, -0.2) is 0 Å². The van der Waals surface area contributed by atoms with Gasteiger partial charge in [-0.05, 0) is 18.2 Å². The van der Waals surface area contributed by atoms with Gasteiger partial charge in [-0.2, -0.15) is 0 Å². The van der Waals surface area contributed by atoms with E-state index < -0.39 is 0 Å². The number of para-hydroxylation sites is 1. The lowest BCUT2D eigenvalue weighted by molar-refractivity contribution is -0.384. The van der Waals surface area contributed by atoms with E-state index >= 15 is 0 Å². The molecule has 3 aromatic rings. The second-order valence-corrected chi connectivity index (χ2v) is 7.03. The topological polar surface area (TPSA) is 74.2 Å². The van der Waals surface area contributed by atoms with Crippen LogP contribution in [0.15, 0.2) is 58.5 Å². The number of nitro groups is 1. The Kier molecular flexibility index (Phi) is 4.33. The van der Waals surface area contributed by atoms with E-state index in [1.807, 2.05) is 12.3 Å². The molecule has 0 amide bonds. The van der Waals surface area contributed by atoms with Crippen molar-refractivity contribution in [2.45, 2.75) is 9.79 Å². The summed E-state index contributed by atoms with van der Waals surface area (Å²) in [5, 5.41) is 15.3. The first-order chi connectivity index (χ1) is 12.2. The summed E-state index contributed by atoms with van der Waals surface area (Å²) in [7, 11) is 0. The van der Waals surface area contributed by atoms with Gasteiger partial charge in [0.05, 0.1) is 10.6 Å². The van der Waals surface area contributed by atoms with Crippen LogP contribution in [0.2, 0.25) is 0 Å². The first-order valence-electron chi connectivity index (χ1n) is 8.20. The number of benzene rings is 2. The van der Waals surface area contributed by atoms with Gasteiger partial charge in [-0.15, -0.1) is 0 Å². The molecule has 0 saturated carbocycles. The van der Waals surface area contributed by atoms with Crippen LogP contribution in [0, 0.1) is 10.1 Å². The van der Waals surface area contributed by atoms with Crippen LogP contribution in [0.5, 0.6) is 0 Å². The Labute approximate surface area is 149 Å². The molecule has 2 aromatic carbocycles. The number of nitrogens with zero attached hydrogens (tertiary/aromatic N) is 2. The second-order valence-electron chi connectivity index (χ2n) is 5.95. The lowest BCUT2D eigenvalue weighted by Crippen LogP contribution is -2.43. The third kappa shape index (κ3) is 3.20. The maximum absolute atomic E-state index is 11.1. The summed E-state index contributed by atoms with van der Waals surface area (Å²) in [6, 6.07) is 13.3. The maximum atomic E-state index is 11.1. The normalized spacial score (nSPS) is 14.8. The van der Waals surface area contributed by atoms with E-state index in [0.29, 0.717) is 0 Å². The van der Waals surface area contributed by atoms with Gasteiger partial charge in [-0.3, -0.25) is 10.1 Å². The van der Waals surface area contributed by atoms with Crippen molar-refractivity contribution in [2.24, 2.45) is 0 Å². The number of aromatic nitrogens is 1. The van der Waals surface area contributed by atoms with Crippen molar-refractivity contribution in [3.8, 4) is 0 Å². The largest absolute Gasteiger partial charge is 0.368 e. The van der Waals surface area contributed by atoms with Crippen LogP contribution in [-0.2, 0) is 0 Å². The van der Waals surface area contributed by atoms with Crippen LogP contribution < -0.4 is 10.2 Å². The number of aromatic amines is 1. The fraction of sp³-hybridized carbons (Fsp3) is 0.222. The van der Waals surface area contributed by atoms with Crippen LogP contribution in [-0.4, -0.2) is 36.1 Å². The number of anilines is 1. The summed E-state index contributed by atoms with van der Waals surface area (Å²) in [5.74, 6) is 0. The average molecular weight is 354 g/mol. The van der Waals surface area contributed by atoms with Gasteiger partial charge < -0.3 is 15.2 Å². The van der Waals surface area contributed by atoms with E-state index in [9.17, 15) is 10.1 Å². The van der Waals surface area contributed by atoms with E-state index in [-0.39, 0.29) is 10.6 Å². The minimum absolute atomic E-state index is 0.115. The molecule has 0 radical (unpaired) electrons. The number of non-ortho nitro benzene ring substituents is 1. The van der Waals surface area contributed by atoms with Gasteiger partial charge in [0.1, 0.15) is 0 Å². The molecule has 0 aliphatic carbocycles. The lowest BCUT2D eigenvalue weighted by atomic mass is 10.2. The highest BCUT2D eigenvalue weighted by atomic mass is 32.2. The van der Waals surface area contributed by atoms with Gasteiger partial charge in [0.2, 0.25) is 0 Å². The van der Waals surface area contributed by atoms with Crippen molar-refractivity contribution in [3.63, 3.8) is 0 Å². The summed E-state index contributed by atoms with van der Waals surface area (Å²) in [6.45, 7) is 3.93. The molecule has 4 rings (SSSR count). The Morgan fingerprint density at radius 2 is 1.88 bits per heavy atom. The van der Waals surface area contributed by atoms with Crippen molar-refractivity contribution in [3.05, 3.63) is 58.8 Å². The molecular formula is C18H18N4O2S. The number of H-pyrrole nitrogens is 1. The van der Waals surface area contributed by atoms with Gasteiger partial charge in [-0.1, -0.05) is 23.9 Å². The van der Waals surface area contributed by atoms with E-state index in [0.717, 1.165) is 46.9 Å². The van der Waals surface area contributed by atoms with E-state index in [1.165, 1.54) is 11.8 Å². The van der Waals surface area contributed by atoms with Crippen LogP contribution >= 0.6 is 11.8 Å². The highest BCUT2D eigenvalue weighted by molar-refractivity contribution is 7.99. The number of piperazine rings is 1. The molecule has 1 aliphatic heterocycles. The van der Waals surface area contributed by atoms with Crippen molar-refractivity contribution in [1.82, 2.24) is 10.3 Å². The Bertz CT molecular complexity index is 918. The molecular weight excluding hydrogens is 336 g/mol. The van der Waals surface area contributed by atoms with Crippen LogP contribution in [0.4, 0.5) is 11.4 Å². The van der Waals surface area contributed by atoms with Crippen molar-refractivity contribution >= 4 is 34.0 Å². The lowest BCUT2D eigenvalue weighted by Gasteiger charge is -2.30. The number of nitro benzene ring substituents is 1. The van der Waals surface area contributed by atoms with Crippen molar-refractivity contribution in [1.29, 1.82) is 0 Å². The number of rotatable bonds is 4. The predicted octanol–water partition coefficient (Wildman–Crippen LogP) is 3.64. The first-order valence-corrected chi connectivity index (χ1v) is 9.02. The molecule has 0 unspecified atom stereocenters. The summed E-state index contributed by atoms with van der Waals surface area (Å²) in [4.78, 5) is 18.5. The zero-order valence-electron chi connectivity index (χ0n) is 13.6. The molecule has 7 heteroatoms. The zero-order valence-corrected chi connectivity index (χ0v) is 14.4. The van der Waals surface area contributed by atoms with Gasteiger partial charge >= 0.3 is 0 Å². The molecule has 0 bridgehead atoms. The van der Waals surface area contributed by atoms with E-state index in [4.69, 9.17) is 0 Å². The van der Waals surface area contributed by atoms with Gasteiger partial charge in [0.25, 0.3) is 5.69 Å². The molecule has 1 aromatic heterocycles. The Morgan fingerprint density at radius 3 is 2.68 bits per heavy atom. The van der Waals surface area contributed by atoms with Crippen LogP contribution in [0.3, 0.4) is 0 Å². The third-order valence-electron chi connectivity index (χ3n) is 4.38. The van der Waals surface area contributed by atoms with Crippen molar-refractivity contribution in [2.75, 3.05) is 31.1 Å². The second kappa shape index (κ2) is 6.78. The summed E-state index contributed by atoms with van der Waals surface area (Å²) in [6.07, 6.45) is 1.92. The standard InChI is InChI=1S/C18H18N4O2S/c23-22(24)13-5-6-15-14(11-13)18(12-20-15)25-17-4-2-1-3-16(17)21-9-7-19-8-10-21/h1-6,11-12,19-20H,7-10H2. The van der Waals surface area contributed by atoms with E-state index in [1.54, 1.807) is 23.9 Å². The quantitative estimate of drug-likeness (QED) is 0.553. The molecule has 25 heavy (non-hydrogen) atoms. The molecule has 0 atom stereocenters. The summed E-state index contributed by atoms with van der Waals surface area (Å²) >= 11 is 1.65. The highest BCUT2D eigenvalue weighted by Crippen LogP contribution is 2.39. The molecule has 2 N–H and O–H groups in total. The first kappa shape index (κ1) is 16.0. The monoisotopic (exact) mass is 354 g/mol. The van der Waals surface area contributed by atoms with Crippen LogP contribution in [0.1, 0.15) is 0 Å². The van der Waals surface area contributed by atoms with E-state index in [2.05, 4.69) is 33.4 Å². The number of hydrogen-bond acceptors (Lipinski definition) is 5. The minimum atomic E-state index is -0.352. The minimum Gasteiger partial charge on any atom is -0.368 e. The Balaban J connectivity index is 1.70. The summed E-state index contributed by atoms with van der Waals surface area (Å²) < 4.78 is 0. The molecule has 2 heterocycles. The van der Waals surface area contributed by atoms with Gasteiger partial charge in [0.15, 0.2) is 0 Å².